The van der Waals surface area contributed by atoms with Gasteiger partial charge in [-0.3, -0.25) is 19.4 Å². The van der Waals surface area contributed by atoms with Gasteiger partial charge in [-0.1, -0.05) is 20.3 Å². The second-order valence-electron chi connectivity index (χ2n) is 6.13. The Labute approximate surface area is 151 Å². The number of amides is 2. The number of aryl methyl sites for hydroxylation is 2. The summed E-state index contributed by atoms with van der Waals surface area (Å²) >= 11 is 0. The van der Waals surface area contributed by atoms with E-state index < -0.39 is 11.8 Å². The van der Waals surface area contributed by atoms with Gasteiger partial charge in [0.15, 0.2) is 0 Å². The molecule has 0 aliphatic carbocycles. The van der Waals surface area contributed by atoms with E-state index in [1.54, 1.807) is 13.0 Å². The molecular weight excluding hydrogens is 336 g/mol. The van der Waals surface area contributed by atoms with E-state index in [1.165, 1.54) is 10.7 Å². The summed E-state index contributed by atoms with van der Waals surface area (Å²) in [6, 6.07) is 2.92. The monoisotopic (exact) mass is 360 g/mol. The van der Waals surface area contributed by atoms with Gasteiger partial charge in [0.25, 0.3) is 5.56 Å². The van der Waals surface area contributed by atoms with Crippen LogP contribution in [0, 0.1) is 6.92 Å². The fourth-order valence-corrected chi connectivity index (χ4v) is 2.29. The van der Waals surface area contributed by atoms with Crippen LogP contribution in [-0.4, -0.2) is 37.6 Å². The summed E-state index contributed by atoms with van der Waals surface area (Å²) in [6.45, 7) is 7.45. The molecule has 2 aromatic heterocycles. The van der Waals surface area contributed by atoms with E-state index in [0.29, 0.717) is 24.2 Å². The molecule has 0 saturated carbocycles. The lowest BCUT2D eigenvalue weighted by atomic mass is 10.2. The maximum absolute atomic E-state index is 12.1. The van der Waals surface area contributed by atoms with Gasteiger partial charge in [0.2, 0.25) is 5.95 Å². The fraction of sp³-hybridized carbons (Fsp3) is 0.471. The first-order chi connectivity index (χ1) is 12.3. The quantitative estimate of drug-likeness (QED) is 0.665. The van der Waals surface area contributed by atoms with Crippen molar-refractivity contribution >= 4 is 17.6 Å². The smallest absolute Gasteiger partial charge is 0.314 e. The highest BCUT2D eigenvalue weighted by atomic mass is 16.2. The molecular formula is C17H24N6O3. The molecule has 0 aliphatic rings. The molecule has 140 valence electrons. The molecule has 2 heterocycles. The number of hydrogen-bond acceptors (Lipinski definition) is 5. The zero-order valence-corrected chi connectivity index (χ0v) is 15.4. The first kappa shape index (κ1) is 19.4. The van der Waals surface area contributed by atoms with E-state index in [2.05, 4.69) is 25.7 Å². The van der Waals surface area contributed by atoms with Crippen molar-refractivity contribution in [2.45, 2.75) is 53.0 Å². The number of hydrogen-bond donors (Lipinski definition) is 3. The van der Waals surface area contributed by atoms with Crippen molar-refractivity contribution in [3.05, 3.63) is 33.9 Å². The third-order valence-corrected chi connectivity index (χ3v) is 3.76. The van der Waals surface area contributed by atoms with Crippen LogP contribution in [0.25, 0.3) is 5.95 Å². The summed E-state index contributed by atoms with van der Waals surface area (Å²) in [7, 11) is 0. The third-order valence-electron chi connectivity index (χ3n) is 3.76. The van der Waals surface area contributed by atoms with E-state index in [9.17, 15) is 14.4 Å². The summed E-state index contributed by atoms with van der Waals surface area (Å²) in [5, 5.41) is 9.36. The van der Waals surface area contributed by atoms with Crippen LogP contribution >= 0.6 is 0 Å². The molecule has 9 heteroatoms. The summed E-state index contributed by atoms with van der Waals surface area (Å²) < 4.78 is 1.31. The molecule has 0 fully saturated rings. The molecule has 0 radical (unpaired) electrons. The molecule has 2 aromatic rings. The Kier molecular flexibility index (Phi) is 6.26. The van der Waals surface area contributed by atoms with E-state index in [-0.39, 0.29) is 23.4 Å². The van der Waals surface area contributed by atoms with Gasteiger partial charge in [-0.05, 0) is 26.7 Å². The van der Waals surface area contributed by atoms with Crippen molar-refractivity contribution in [1.82, 2.24) is 25.1 Å². The van der Waals surface area contributed by atoms with Crippen LogP contribution in [0.4, 0.5) is 5.82 Å². The van der Waals surface area contributed by atoms with Crippen molar-refractivity contribution in [1.29, 1.82) is 0 Å². The second-order valence-corrected chi connectivity index (χ2v) is 6.13. The Hall–Kier alpha value is -2.97. The van der Waals surface area contributed by atoms with Gasteiger partial charge < -0.3 is 10.6 Å². The molecule has 26 heavy (non-hydrogen) atoms. The van der Waals surface area contributed by atoms with Gasteiger partial charge in [-0.2, -0.15) is 9.78 Å². The predicted octanol–water partition coefficient (Wildman–Crippen LogP) is 1.07. The Bertz CT molecular complexity index is 854. The number of aromatic nitrogens is 4. The SMILES string of the molecule is CCCc1cc(=O)[nH]c(-n2nc(C)cc2NC(=O)C(=O)N[C@@H](C)CC)n1. The number of nitrogens with one attached hydrogen (secondary N) is 3. The zero-order valence-electron chi connectivity index (χ0n) is 15.4. The number of nitrogens with zero attached hydrogens (tertiary/aromatic N) is 3. The van der Waals surface area contributed by atoms with Crippen molar-refractivity contribution in [2.24, 2.45) is 0 Å². The minimum Gasteiger partial charge on any atom is -0.345 e. The molecule has 1 atom stereocenters. The third kappa shape index (κ3) is 4.78. The van der Waals surface area contributed by atoms with Gasteiger partial charge in [-0.25, -0.2) is 4.98 Å². The van der Waals surface area contributed by atoms with Gasteiger partial charge in [0.05, 0.1) is 5.69 Å². The van der Waals surface area contributed by atoms with Crippen molar-refractivity contribution < 1.29 is 9.59 Å². The van der Waals surface area contributed by atoms with Crippen LogP contribution in [0.3, 0.4) is 0 Å². The molecule has 3 N–H and O–H groups in total. The van der Waals surface area contributed by atoms with Crippen LogP contribution in [0.1, 0.15) is 45.0 Å². The van der Waals surface area contributed by atoms with Crippen LogP contribution in [0.15, 0.2) is 16.9 Å². The maximum Gasteiger partial charge on any atom is 0.314 e. The molecule has 0 aliphatic heterocycles. The molecule has 9 nitrogen and oxygen atoms in total. The zero-order chi connectivity index (χ0) is 19.3. The Morgan fingerprint density at radius 1 is 1.27 bits per heavy atom. The lowest BCUT2D eigenvalue weighted by Gasteiger charge is -2.12. The maximum atomic E-state index is 12.1. The molecule has 2 rings (SSSR count). The van der Waals surface area contributed by atoms with Gasteiger partial charge in [0.1, 0.15) is 5.82 Å². The van der Waals surface area contributed by atoms with E-state index in [1.807, 2.05) is 20.8 Å². The van der Waals surface area contributed by atoms with E-state index >= 15 is 0 Å². The first-order valence-corrected chi connectivity index (χ1v) is 8.63. The van der Waals surface area contributed by atoms with E-state index in [4.69, 9.17) is 0 Å². The summed E-state index contributed by atoms with van der Waals surface area (Å²) in [5.41, 5.74) is 0.927. The van der Waals surface area contributed by atoms with Crippen molar-refractivity contribution in [3.8, 4) is 5.95 Å². The summed E-state index contributed by atoms with van der Waals surface area (Å²) in [6.07, 6.45) is 2.20. The second kappa shape index (κ2) is 8.41. The normalized spacial score (nSPS) is 11.8. The number of rotatable bonds is 6. The largest absolute Gasteiger partial charge is 0.345 e. The predicted molar refractivity (Wildman–Crippen MR) is 97.2 cm³/mol. The average Bonchev–Trinajstić information content (AvgIpc) is 2.94. The Morgan fingerprint density at radius 3 is 2.65 bits per heavy atom. The van der Waals surface area contributed by atoms with Crippen molar-refractivity contribution in [2.75, 3.05) is 5.32 Å². The molecule has 0 aromatic carbocycles. The molecule has 0 unspecified atom stereocenters. The van der Waals surface area contributed by atoms with Crippen LogP contribution in [0.2, 0.25) is 0 Å². The van der Waals surface area contributed by atoms with E-state index in [0.717, 1.165) is 6.42 Å². The van der Waals surface area contributed by atoms with Gasteiger partial charge in [-0.15, -0.1) is 0 Å². The Balaban J connectivity index is 2.29. The van der Waals surface area contributed by atoms with Crippen molar-refractivity contribution in [3.63, 3.8) is 0 Å². The highest BCUT2D eigenvalue weighted by Gasteiger charge is 2.19. The number of anilines is 1. The topological polar surface area (TPSA) is 122 Å². The highest BCUT2D eigenvalue weighted by molar-refractivity contribution is 6.39. The molecule has 0 bridgehead atoms. The first-order valence-electron chi connectivity index (χ1n) is 8.63. The lowest BCUT2D eigenvalue weighted by Crippen LogP contribution is -2.40. The minimum atomic E-state index is -0.807. The average molecular weight is 360 g/mol. The lowest BCUT2D eigenvalue weighted by molar-refractivity contribution is -0.136. The van der Waals surface area contributed by atoms with Crippen LogP contribution < -0.4 is 16.2 Å². The minimum absolute atomic E-state index is 0.108. The molecule has 0 saturated heterocycles. The number of aromatic amines is 1. The summed E-state index contributed by atoms with van der Waals surface area (Å²) in [4.78, 5) is 42.9. The molecule has 2 amide bonds. The Morgan fingerprint density at radius 2 is 2.00 bits per heavy atom. The number of H-pyrrole nitrogens is 1. The standard InChI is InChI=1S/C17H24N6O3/c1-5-7-12-9-14(24)21-17(19-12)23-13(8-11(4)22-23)20-16(26)15(25)18-10(3)6-2/h8-10H,5-7H2,1-4H3,(H,18,25)(H,20,26)(H,19,21,24)/t10-/m0/s1. The highest BCUT2D eigenvalue weighted by Crippen LogP contribution is 2.14. The number of carbonyl (C=O) groups excluding carboxylic acids is 2. The van der Waals surface area contributed by atoms with Gasteiger partial charge >= 0.3 is 11.8 Å². The van der Waals surface area contributed by atoms with Crippen LogP contribution in [0.5, 0.6) is 0 Å². The number of carbonyl (C=O) groups is 2. The fourth-order valence-electron chi connectivity index (χ4n) is 2.29. The molecule has 0 spiro atoms. The summed E-state index contributed by atoms with van der Waals surface area (Å²) in [5.74, 6) is -1.10. The van der Waals surface area contributed by atoms with Crippen LogP contribution in [-0.2, 0) is 16.0 Å². The van der Waals surface area contributed by atoms with Gasteiger partial charge in [0, 0.05) is 23.9 Å².